The molecule has 4 amide bonds. The molecule has 1 saturated heterocycles. The number of nitrogens with one attached hydrogen (secondary N) is 2. The lowest BCUT2D eigenvalue weighted by atomic mass is 10.0. The van der Waals surface area contributed by atoms with Gasteiger partial charge in [-0.1, -0.05) is 30.3 Å². The zero-order chi connectivity index (χ0) is 26.8. The number of benzene rings is 1. The highest BCUT2D eigenvalue weighted by Gasteiger charge is 2.38. The number of carboxylic acids is 2. The summed E-state index contributed by atoms with van der Waals surface area (Å²) in [4.78, 5) is 73.5. The van der Waals surface area contributed by atoms with Crippen LogP contribution in [-0.2, 0) is 35.2 Å². The predicted molar refractivity (Wildman–Crippen MR) is 125 cm³/mol. The number of primary amides is 1. The minimum absolute atomic E-state index is 0.0275. The van der Waals surface area contributed by atoms with Gasteiger partial charge >= 0.3 is 11.9 Å². The molecule has 0 spiro atoms. The summed E-state index contributed by atoms with van der Waals surface area (Å²) >= 11 is 0. The Kier molecular flexibility index (Phi) is 10.3. The average molecular weight is 506 g/mol. The monoisotopic (exact) mass is 505 g/mol. The number of carbonyl (C=O) groups excluding carboxylic acids is 4. The van der Waals surface area contributed by atoms with E-state index in [2.05, 4.69) is 10.6 Å². The SMILES string of the molecule is NC(=O)CCC(NC(=O)C(Cc1ccccc1)NC(=O)C1CCCN1C(=O)C(N)CC(=O)O)C(=O)O. The largest absolute Gasteiger partial charge is 0.481 e. The Hall–Kier alpha value is -4.00. The summed E-state index contributed by atoms with van der Waals surface area (Å²) in [5.74, 6) is -5.46. The van der Waals surface area contributed by atoms with Crippen LogP contribution in [0.1, 0.15) is 37.7 Å². The second kappa shape index (κ2) is 13.2. The molecule has 1 fully saturated rings. The quantitative estimate of drug-likeness (QED) is 0.180. The highest BCUT2D eigenvalue weighted by atomic mass is 16.4. The first kappa shape index (κ1) is 28.2. The number of carboxylic acid groups (broad SMARTS) is 2. The molecule has 0 aromatic heterocycles. The van der Waals surface area contributed by atoms with Crippen LogP contribution in [0.5, 0.6) is 0 Å². The van der Waals surface area contributed by atoms with Crippen LogP contribution < -0.4 is 22.1 Å². The molecule has 1 aromatic carbocycles. The van der Waals surface area contributed by atoms with Gasteiger partial charge in [-0.15, -0.1) is 0 Å². The van der Waals surface area contributed by atoms with Gasteiger partial charge < -0.3 is 37.2 Å². The van der Waals surface area contributed by atoms with Crippen LogP contribution in [0.2, 0.25) is 0 Å². The van der Waals surface area contributed by atoms with Crippen molar-refractivity contribution >= 4 is 35.6 Å². The van der Waals surface area contributed by atoms with Gasteiger partial charge in [0.25, 0.3) is 0 Å². The van der Waals surface area contributed by atoms with E-state index in [1.54, 1.807) is 30.3 Å². The van der Waals surface area contributed by atoms with Crippen LogP contribution in [0.3, 0.4) is 0 Å². The molecule has 1 aliphatic heterocycles. The highest BCUT2D eigenvalue weighted by Crippen LogP contribution is 2.19. The Balaban J connectivity index is 2.18. The van der Waals surface area contributed by atoms with E-state index in [4.69, 9.17) is 16.6 Å². The molecule has 8 N–H and O–H groups in total. The zero-order valence-electron chi connectivity index (χ0n) is 19.6. The van der Waals surface area contributed by atoms with Gasteiger partial charge in [-0.25, -0.2) is 4.79 Å². The van der Waals surface area contributed by atoms with E-state index in [9.17, 15) is 33.9 Å². The normalized spacial score (nSPS) is 17.5. The van der Waals surface area contributed by atoms with Crippen LogP contribution in [0.15, 0.2) is 30.3 Å². The summed E-state index contributed by atoms with van der Waals surface area (Å²) in [6.07, 6.45) is -0.289. The van der Waals surface area contributed by atoms with Gasteiger partial charge in [-0.05, 0) is 24.8 Å². The molecule has 0 bridgehead atoms. The molecule has 4 atom stereocenters. The molecule has 2 rings (SSSR count). The van der Waals surface area contributed by atoms with E-state index >= 15 is 0 Å². The Labute approximate surface area is 207 Å². The van der Waals surface area contributed by atoms with Gasteiger partial charge in [0, 0.05) is 19.4 Å². The maximum Gasteiger partial charge on any atom is 0.326 e. The molecule has 13 nitrogen and oxygen atoms in total. The van der Waals surface area contributed by atoms with Crippen molar-refractivity contribution in [3.8, 4) is 0 Å². The van der Waals surface area contributed by atoms with Crippen molar-refractivity contribution in [3.05, 3.63) is 35.9 Å². The van der Waals surface area contributed by atoms with Crippen molar-refractivity contribution in [2.45, 2.75) is 62.7 Å². The van der Waals surface area contributed by atoms with Crippen LogP contribution >= 0.6 is 0 Å². The van der Waals surface area contributed by atoms with E-state index in [0.717, 1.165) is 0 Å². The first-order chi connectivity index (χ1) is 17.0. The van der Waals surface area contributed by atoms with Gasteiger partial charge in [-0.2, -0.15) is 0 Å². The second-order valence-corrected chi connectivity index (χ2v) is 8.55. The van der Waals surface area contributed by atoms with Crippen molar-refractivity contribution in [2.75, 3.05) is 6.54 Å². The summed E-state index contributed by atoms with van der Waals surface area (Å²) in [5, 5.41) is 23.3. The van der Waals surface area contributed by atoms with Crippen molar-refractivity contribution in [3.63, 3.8) is 0 Å². The summed E-state index contributed by atoms with van der Waals surface area (Å²) < 4.78 is 0. The molecule has 1 aliphatic rings. The second-order valence-electron chi connectivity index (χ2n) is 8.55. The fourth-order valence-electron chi connectivity index (χ4n) is 3.93. The molecule has 1 aromatic rings. The fraction of sp³-hybridized carbons (Fsp3) is 0.478. The molecule has 36 heavy (non-hydrogen) atoms. The Morgan fingerprint density at radius 1 is 1.03 bits per heavy atom. The minimum atomic E-state index is -1.40. The van der Waals surface area contributed by atoms with Crippen molar-refractivity contribution in [2.24, 2.45) is 11.5 Å². The van der Waals surface area contributed by atoms with Crippen LogP contribution in [-0.4, -0.2) is 81.4 Å². The number of nitrogens with two attached hydrogens (primary N) is 2. The van der Waals surface area contributed by atoms with Gasteiger partial charge in [0.15, 0.2) is 0 Å². The topological polar surface area (TPSA) is 222 Å². The fourth-order valence-corrected chi connectivity index (χ4v) is 3.93. The van der Waals surface area contributed by atoms with Gasteiger partial charge in [0.05, 0.1) is 12.5 Å². The molecule has 13 heteroatoms. The summed E-state index contributed by atoms with van der Waals surface area (Å²) in [7, 11) is 0. The average Bonchev–Trinajstić information content (AvgIpc) is 3.30. The molecule has 0 radical (unpaired) electrons. The first-order valence-electron chi connectivity index (χ1n) is 11.4. The standard InChI is InChI=1S/C23H31N5O8/c24-14(12-19(30)31)22(34)28-10-4-7-17(28)21(33)27-16(11-13-5-2-1-3-6-13)20(32)26-15(23(35)36)8-9-18(25)29/h1-3,5-6,14-17H,4,7-12,24H2,(H2,25,29)(H,26,32)(H,27,33)(H,30,31)(H,35,36). The number of amides is 4. The van der Waals surface area contributed by atoms with Gasteiger partial charge in [-0.3, -0.25) is 24.0 Å². The summed E-state index contributed by atoms with van der Waals surface area (Å²) in [6, 6.07) is 3.81. The first-order valence-corrected chi connectivity index (χ1v) is 11.4. The molecule has 4 unspecified atom stereocenters. The highest BCUT2D eigenvalue weighted by molar-refractivity contribution is 5.95. The minimum Gasteiger partial charge on any atom is -0.481 e. The number of carbonyl (C=O) groups is 6. The van der Waals surface area contributed by atoms with Gasteiger partial charge in [0.2, 0.25) is 23.6 Å². The molecule has 196 valence electrons. The van der Waals surface area contributed by atoms with Crippen molar-refractivity contribution < 1.29 is 39.0 Å². The molecular weight excluding hydrogens is 474 g/mol. The smallest absolute Gasteiger partial charge is 0.326 e. The zero-order valence-corrected chi connectivity index (χ0v) is 19.6. The summed E-state index contributed by atoms with van der Waals surface area (Å²) in [5.41, 5.74) is 11.5. The number of likely N-dealkylation sites (tertiary alicyclic amines) is 1. The number of nitrogens with zero attached hydrogens (tertiary/aromatic N) is 1. The third kappa shape index (κ3) is 8.34. The molecule has 0 saturated carbocycles. The van der Waals surface area contributed by atoms with E-state index in [-0.39, 0.29) is 32.2 Å². The van der Waals surface area contributed by atoms with E-state index in [1.807, 2.05) is 0 Å². The van der Waals surface area contributed by atoms with E-state index in [0.29, 0.717) is 12.0 Å². The number of aliphatic carboxylic acids is 2. The van der Waals surface area contributed by atoms with Crippen LogP contribution in [0.4, 0.5) is 0 Å². The lowest BCUT2D eigenvalue weighted by Gasteiger charge is -2.28. The Bertz CT molecular complexity index is 986. The molecule has 1 heterocycles. The number of rotatable bonds is 13. The number of hydrogen-bond acceptors (Lipinski definition) is 7. The predicted octanol–water partition coefficient (Wildman–Crippen LogP) is -1.66. The maximum atomic E-state index is 13.1. The van der Waals surface area contributed by atoms with Crippen molar-refractivity contribution in [1.82, 2.24) is 15.5 Å². The third-order valence-corrected chi connectivity index (χ3v) is 5.76. The molecular formula is C23H31N5O8. The lowest BCUT2D eigenvalue weighted by molar-refractivity contribution is -0.144. The van der Waals surface area contributed by atoms with Crippen LogP contribution in [0, 0.1) is 0 Å². The van der Waals surface area contributed by atoms with Crippen LogP contribution in [0.25, 0.3) is 0 Å². The summed E-state index contributed by atoms with van der Waals surface area (Å²) in [6.45, 7) is 0.202. The lowest BCUT2D eigenvalue weighted by Crippen LogP contribution is -2.57. The maximum absolute atomic E-state index is 13.1. The number of hydrogen-bond donors (Lipinski definition) is 6. The third-order valence-electron chi connectivity index (χ3n) is 5.76. The van der Waals surface area contributed by atoms with E-state index in [1.165, 1.54) is 4.90 Å². The van der Waals surface area contributed by atoms with Gasteiger partial charge in [0.1, 0.15) is 18.1 Å². The van der Waals surface area contributed by atoms with E-state index < -0.39 is 66.2 Å². The van der Waals surface area contributed by atoms with Crippen molar-refractivity contribution in [1.29, 1.82) is 0 Å². The Morgan fingerprint density at radius 2 is 1.69 bits per heavy atom. The molecule has 0 aliphatic carbocycles. The Morgan fingerprint density at radius 3 is 2.28 bits per heavy atom.